The van der Waals surface area contributed by atoms with Gasteiger partial charge in [0.05, 0.1) is 12.1 Å². The fraction of sp³-hybridized carbons (Fsp3) is 0.150. The fourth-order valence-electron chi connectivity index (χ4n) is 3.28. The number of fused-ring (bicyclic) bond motifs is 1. The molecule has 0 fully saturated rings. The number of carbonyl (C=O) groups is 1. The molecule has 2 N–H and O–H groups in total. The van der Waals surface area contributed by atoms with Gasteiger partial charge in [-0.2, -0.15) is 0 Å². The second-order valence-electron chi connectivity index (χ2n) is 6.13. The number of rotatable bonds is 5. The van der Waals surface area contributed by atoms with Gasteiger partial charge >= 0.3 is 0 Å². The van der Waals surface area contributed by atoms with Crippen LogP contribution in [-0.4, -0.2) is 20.8 Å². The summed E-state index contributed by atoms with van der Waals surface area (Å²) in [4.78, 5) is 23.1. The lowest BCUT2D eigenvalue weighted by molar-refractivity contribution is -0.727. The summed E-state index contributed by atoms with van der Waals surface area (Å²) in [6, 6.07) is 15.8. The van der Waals surface area contributed by atoms with Crippen LogP contribution >= 0.6 is 0 Å². The summed E-state index contributed by atoms with van der Waals surface area (Å²) in [5.74, 6) is 0.0758. The van der Waals surface area contributed by atoms with Gasteiger partial charge in [-0.3, -0.25) is 19.7 Å². The van der Waals surface area contributed by atoms with E-state index in [-0.39, 0.29) is 12.1 Å². The second kappa shape index (κ2) is 6.83. The number of benzene rings is 1. The standard InChI is InChI=1S/C20H18N4O/c25-20-18-8-2-1-7-17(18)19(23-13-15-5-3-9-21-11-15)24(20)14-16-6-4-10-22-12-16/h1-12,19,23H,13-14H2/p+1. The van der Waals surface area contributed by atoms with Crippen LogP contribution in [0, 0.1) is 0 Å². The summed E-state index contributed by atoms with van der Waals surface area (Å²) in [5, 5.41) is 2.19. The molecule has 25 heavy (non-hydrogen) atoms. The molecule has 1 aromatic carbocycles. The van der Waals surface area contributed by atoms with Crippen molar-refractivity contribution in [1.29, 1.82) is 0 Å². The highest BCUT2D eigenvalue weighted by Gasteiger charge is 2.38. The maximum absolute atomic E-state index is 12.9. The number of nitrogens with zero attached hydrogens (tertiary/aromatic N) is 3. The van der Waals surface area contributed by atoms with E-state index in [1.54, 1.807) is 12.4 Å². The maximum atomic E-state index is 12.9. The summed E-state index contributed by atoms with van der Waals surface area (Å²) >= 11 is 0. The van der Waals surface area contributed by atoms with Crippen molar-refractivity contribution in [2.75, 3.05) is 0 Å². The second-order valence-corrected chi connectivity index (χ2v) is 6.13. The fourth-order valence-corrected chi connectivity index (χ4v) is 3.28. The van der Waals surface area contributed by atoms with E-state index in [9.17, 15) is 4.79 Å². The lowest BCUT2D eigenvalue weighted by atomic mass is 10.1. The first-order valence-electron chi connectivity index (χ1n) is 8.34. The predicted octanol–water partition coefficient (Wildman–Crippen LogP) is 1.89. The lowest BCUT2D eigenvalue weighted by Crippen LogP contribution is -2.86. The van der Waals surface area contributed by atoms with Crippen molar-refractivity contribution in [2.45, 2.75) is 19.3 Å². The minimum atomic E-state index is -0.0379. The van der Waals surface area contributed by atoms with Gasteiger partial charge in [-0.05, 0) is 23.8 Å². The molecule has 1 aliphatic heterocycles. The average molecular weight is 331 g/mol. The SMILES string of the molecule is O=C1c2ccccc2C([NH2+]Cc2cccnc2)N1Cc1cccnc1. The van der Waals surface area contributed by atoms with Crippen molar-refractivity contribution in [2.24, 2.45) is 0 Å². The number of nitrogens with two attached hydrogens (primary N) is 1. The third-order valence-electron chi connectivity index (χ3n) is 4.48. The van der Waals surface area contributed by atoms with Crippen LogP contribution in [0.5, 0.6) is 0 Å². The maximum Gasteiger partial charge on any atom is 0.259 e. The first kappa shape index (κ1) is 15.5. The number of hydrogen-bond acceptors (Lipinski definition) is 3. The van der Waals surface area contributed by atoms with Crippen molar-refractivity contribution in [1.82, 2.24) is 14.9 Å². The molecule has 0 bridgehead atoms. The van der Waals surface area contributed by atoms with Crippen LogP contribution in [0.25, 0.3) is 0 Å². The van der Waals surface area contributed by atoms with E-state index in [1.807, 2.05) is 59.8 Å². The quantitative estimate of drug-likeness (QED) is 0.777. The van der Waals surface area contributed by atoms with Crippen LogP contribution < -0.4 is 5.32 Å². The molecule has 1 aliphatic rings. The van der Waals surface area contributed by atoms with E-state index in [4.69, 9.17) is 0 Å². The zero-order chi connectivity index (χ0) is 17.1. The number of quaternary nitrogens is 1. The molecule has 124 valence electrons. The molecule has 2 aromatic heterocycles. The van der Waals surface area contributed by atoms with Crippen molar-refractivity contribution in [3.8, 4) is 0 Å². The normalized spacial score (nSPS) is 16.1. The van der Waals surface area contributed by atoms with Crippen molar-refractivity contribution in [3.05, 3.63) is 95.6 Å². The third kappa shape index (κ3) is 3.14. The van der Waals surface area contributed by atoms with Gasteiger partial charge in [0.15, 0.2) is 6.17 Å². The van der Waals surface area contributed by atoms with Crippen molar-refractivity contribution in [3.63, 3.8) is 0 Å². The van der Waals surface area contributed by atoms with Gasteiger partial charge in [0.1, 0.15) is 6.54 Å². The number of amides is 1. The molecule has 0 spiro atoms. The average Bonchev–Trinajstić information content (AvgIpc) is 2.94. The van der Waals surface area contributed by atoms with Crippen molar-refractivity contribution >= 4 is 5.91 Å². The Balaban J connectivity index is 1.60. The summed E-state index contributed by atoms with van der Waals surface area (Å²) in [5.41, 5.74) is 4.03. The molecule has 0 saturated heterocycles. The molecule has 3 heterocycles. The van der Waals surface area contributed by atoms with E-state index in [0.717, 1.165) is 28.8 Å². The summed E-state index contributed by atoms with van der Waals surface area (Å²) in [7, 11) is 0. The molecule has 0 aliphatic carbocycles. The molecule has 4 rings (SSSR count). The van der Waals surface area contributed by atoms with E-state index < -0.39 is 0 Å². The van der Waals surface area contributed by atoms with Gasteiger partial charge < -0.3 is 5.32 Å². The molecule has 0 saturated carbocycles. The highest BCUT2D eigenvalue weighted by Crippen LogP contribution is 2.30. The van der Waals surface area contributed by atoms with Gasteiger partial charge in [-0.25, -0.2) is 0 Å². The number of aromatic nitrogens is 2. The molecule has 5 nitrogen and oxygen atoms in total. The monoisotopic (exact) mass is 331 g/mol. The smallest absolute Gasteiger partial charge is 0.259 e. The predicted molar refractivity (Wildman–Crippen MR) is 93.2 cm³/mol. The number of hydrogen-bond donors (Lipinski definition) is 1. The molecular weight excluding hydrogens is 312 g/mol. The van der Waals surface area contributed by atoms with Gasteiger partial charge in [0.2, 0.25) is 0 Å². The molecule has 5 heteroatoms. The van der Waals surface area contributed by atoms with Crippen LogP contribution in [0.1, 0.15) is 33.2 Å². The van der Waals surface area contributed by atoms with Crippen LogP contribution in [-0.2, 0) is 13.1 Å². The van der Waals surface area contributed by atoms with Crippen LogP contribution in [0.3, 0.4) is 0 Å². The first-order chi connectivity index (χ1) is 12.3. The third-order valence-corrected chi connectivity index (χ3v) is 4.48. The Morgan fingerprint density at radius 2 is 1.64 bits per heavy atom. The molecule has 1 atom stereocenters. The topological polar surface area (TPSA) is 62.7 Å². The van der Waals surface area contributed by atoms with E-state index >= 15 is 0 Å². The Bertz CT molecular complexity index is 867. The summed E-state index contributed by atoms with van der Waals surface area (Å²) < 4.78 is 0. The van der Waals surface area contributed by atoms with Gasteiger partial charge in [0, 0.05) is 35.9 Å². The summed E-state index contributed by atoms with van der Waals surface area (Å²) in [6.45, 7) is 1.32. The Labute approximate surface area is 146 Å². The van der Waals surface area contributed by atoms with Gasteiger partial charge in [0.25, 0.3) is 5.91 Å². The largest absolute Gasteiger partial charge is 0.319 e. The van der Waals surface area contributed by atoms with Crippen LogP contribution in [0.15, 0.2) is 73.3 Å². The zero-order valence-electron chi connectivity index (χ0n) is 13.7. The van der Waals surface area contributed by atoms with Crippen LogP contribution in [0.2, 0.25) is 0 Å². The molecular formula is C20H19N4O+. The lowest BCUT2D eigenvalue weighted by Gasteiger charge is -2.23. The first-order valence-corrected chi connectivity index (χ1v) is 8.34. The van der Waals surface area contributed by atoms with Crippen LogP contribution in [0.4, 0.5) is 0 Å². The number of carbonyl (C=O) groups excluding carboxylic acids is 1. The molecule has 1 amide bonds. The van der Waals surface area contributed by atoms with E-state index in [0.29, 0.717) is 6.54 Å². The summed E-state index contributed by atoms with van der Waals surface area (Å²) in [6.07, 6.45) is 7.16. The number of pyridine rings is 2. The van der Waals surface area contributed by atoms with Crippen molar-refractivity contribution < 1.29 is 10.1 Å². The van der Waals surface area contributed by atoms with E-state index in [2.05, 4.69) is 21.4 Å². The van der Waals surface area contributed by atoms with Gasteiger partial charge in [-0.1, -0.05) is 30.3 Å². The Morgan fingerprint density at radius 3 is 2.36 bits per heavy atom. The Hall–Kier alpha value is -3.05. The minimum Gasteiger partial charge on any atom is -0.319 e. The highest BCUT2D eigenvalue weighted by atomic mass is 16.2. The Kier molecular flexibility index (Phi) is 4.23. The molecule has 3 aromatic rings. The molecule has 1 unspecified atom stereocenters. The Morgan fingerprint density at radius 1 is 0.920 bits per heavy atom. The van der Waals surface area contributed by atoms with Gasteiger partial charge in [-0.15, -0.1) is 0 Å². The minimum absolute atomic E-state index is 0.0379. The zero-order valence-corrected chi connectivity index (χ0v) is 13.7. The highest BCUT2D eigenvalue weighted by molar-refractivity contribution is 5.98. The molecule has 0 radical (unpaired) electrons. The van der Waals surface area contributed by atoms with E-state index in [1.165, 1.54) is 0 Å².